The van der Waals surface area contributed by atoms with Crippen molar-refractivity contribution in [1.82, 2.24) is 19.9 Å². The van der Waals surface area contributed by atoms with Crippen molar-refractivity contribution in [2.45, 2.75) is 81.1 Å². The Labute approximate surface area is 307 Å². The summed E-state index contributed by atoms with van der Waals surface area (Å²) in [5.74, 6) is 1.66. The van der Waals surface area contributed by atoms with E-state index in [2.05, 4.69) is 102 Å². The maximum absolute atomic E-state index is 5.57. The molecule has 6 heteroatoms. The number of methoxy groups -OCH3 is 2. The molecule has 52 heavy (non-hydrogen) atoms. The van der Waals surface area contributed by atoms with Gasteiger partial charge in [-0.05, 0) is 145 Å². The van der Waals surface area contributed by atoms with Gasteiger partial charge in [0.2, 0.25) is 0 Å². The highest BCUT2D eigenvalue weighted by Gasteiger charge is 2.25. The van der Waals surface area contributed by atoms with Crippen molar-refractivity contribution in [2.24, 2.45) is 0 Å². The zero-order valence-electron chi connectivity index (χ0n) is 32.3. The van der Waals surface area contributed by atoms with E-state index in [4.69, 9.17) is 19.4 Å². The van der Waals surface area contributed by atoms with E-state index in [0.29, 0.717) is 0 Å². The molecule has 0 spiro atoms. The van der Waals surface area contributed by atoms with Crippen molar-refractivity contribution in [3.63, 3.8) is 0 Å². The highest BCUT2D eigenvalue weighted by atomic mass is 16.5. The molecule has 0 unspecified atom stereocenters. The summed E-state index contributed by atoms with van der Waals surface area (Å²) < 4.78 is 11.1. The summed E-state index contributed by atoms with van der Waals surface area (Å²) in [4.78, 5) is 18.9. The number of aromatic amines is 2. The number of rotatable bonds is 8. The Morgan fingerprint density at radius 3 is 1.19 bits per heavy atom. The van der Waals surface area contributed by atoms with Gasteiger partial charge in [0, 0.05) is 22.2 Å². The summed E-state index contributed by atoms with van der Waals surface area (Å²) in [7, 11) is 3.42. The van der Waals surface area contributed by atoms with Crippen LogP contribution in [0.25, 0.3) is 66.6 Å². The second-order valence-corrected chi connectivity index (χ2v) is 13.8. The lowest BCUT2D eigenvalue weighted by Gasteiger charge is -2.09. The van der Waals surface area contributed by atoms with E-state index in [9.17, 15) is 0 Å². The van der Waals surface area contributed by atoms with E-state index in [1.54, 1.807) is 14.2 Å². The molecule has 5 aromatic rings. The lowest BCUT2D eigenvalue weighted by molar-refractivity contribution is 0.415. The lowest BCUT2D eigenvalue weighted by Crippen LogP contribution is -1.90. The minimum Gasteiger partial charge on any atom is -0.497 e. The van der Waals surface area contributed by atoms with Crippen molar-refractivity contribution in [1.29, 1.82) is 0 Å². The second-order valence-electron chi connectivity index (χ2n) is 13.8. The first-order valence-electron chi connectivity index (χ1n) is 18.7. The number of hydrogen-bond acceptors (Lipinski definition) is 4. The standard InChI is InChI=1S/C46H50N4O2/c1-11-33-25(5)43-41(29-15-19-31(51-9)20-16-29)44-27(7)35(13-3)39(49-44)24-40-36(14-4)28(8)46(50-40)42(30-17-21-32(52-10)22-18-30)45-26(6)34(12-2)38(48-45)23-37(33)47-43/h15-24,47,50H,11-14H2,1-10H3. The third-order valence-electron chi connectivity index (χ3n) is 11.2. The van der Waals surface area contributed by atoms with Gasteiger partial charge in [-0.25, -0.2) is 9.97 Å². The van der Waals surface area contributed by atoms with Gasteiger partial charge in [0.25, 0.3) is 0 Å². The molecule has 0 saturated carbocycles. The zero-order chi connectivity index (χ0) is 36.8. The molecule has 0 atom stereocenters. The van der Waals surface area contributed by atoms with Crippen LogP contribution in [0.15, 0.2) is 60.7 Å². The molecule has 2 aliphatic rings. The van der Waals surface area contributed by atoms with E-state index < -0.39 is 0 Å². The molecule has 5 heterocycles. The number of benzene rings is 2. The molecule has 0 radical (unpaired) electrons. The van der Waals surface area contributed by atoms with E-state index in [0.717, 1.165) is 104 Å². The molecule has 266 valence electrons. The van der Waals surface area contributed by atoms with E-state index in [1.807, 2.05) is 24.3 Å². The molecule has 6 nitrogen and oxygen atoms in total. The summed E-state index contributed by atoms with van der Waals surface area (Å²) in [6, 6.07) is 21.3. The topological polar surface area (TPSA) is 75.8 Å². The molecule has 2 aliphatic heterocycles. The van der Waals surface area contributed by atoms with Crippen molar-refractivity contribution in [3.05, 3.63) is 106 Å². The van der Waals surface area contributed by atoms with Crippen LogP contribution in [-0.4, -0.2) is 34.2 Å². The number of ether oxygens (including phenoxy) is 2. The monoisotopic (exact) mass is 690 g/mol. The Morgan fingerprint density at radius 1 is 0.519 bits per heavy atom. The van der Waals surface area contributed by atoms with Gasteiger partial charge in [-0.1, -0.05) is 52.0 Å². The quantitative estimate of drug-likeness (QED) is 0.170. The predicted octanol–water partition coefficient (Wildman–Crippen LogP) is 12.1. The zero-order valence-corrected chi connectivity index (χ0v) is 32.3. The molecule has 7 rings (SSSR count). The Bertz CT molecular complexity index is 2270. The summed E-state index contributed by atoms with van der Waals surface area (Å²) in [6.07, 6.45) is 3.52. The Morgan fingerprint density at radius 2 is 0.885 bits per heavy atom. The number of hydrogen-bond donors (Lipinski definition) is 2. The smallest absolute Gasteiger partial charge is 0.118 e. The number of aromatic nitrogens is 4. The average molecular weight is 691 g/mol. The minimum absolute atomic E-state index is 0.830. The number of fused-ring (bicyclic) bond motifs is 8. The van der Waals surface area contributed by atoms with Crippen LogP contribution in [-0.2, 0) is 12.8 Å². The number of aryl methyl sites for hydroxylation is 4. The highest BCUT2D eigenvalue weighted by molar-refractivity contribution is 6.03. The number of allylic oxidation sites excluding steroid dienone is 4. The summed E-state index contributed by atoms with van der Waals surface area (Å²) in [5.41, 5.74) is 22.8. The first-order valence-corrected chi connectivity index (χ1v) is 18.7. The Kier molecular flexibility index (Phi) is 9.43. The largest absolute Gasteiger partial charge is 0.497 e. The van der Waals surface area contributed by atoms with Gasteiger partial charge in [0.15, 0.2) is 0 Å². The van der Waals surface area contributed by atoms with Crippen molar-refractivity contribution < 1.29 is 9.47 Å². The molecule has 0 fully saturated rings. The van der Waals surface area contributed by atoms with Crippen LogP contribution in [0.5, 0.6) is 11.5 Å². The van der Waals surface area contributed by atoms with Crippen LogP contribution in [0.3, 0.4) is 0 Å². The van der Waals surface area contributed by atoms with E-state index in [-0.39, 0.29) is 0 Å². The van der Waals surface area contributed by atoms with Gasteiger partial charge in [-0.3, -0.25) is 0 Å². The first-order chi connectivity index (χ1) is 25.2. The molecule has 0 aliphatic carbocycles. The number of nitrogens with one attached hydrogen (secondary N) is 2. The van der Waals surface area contributed by atoms with Gasteiger partial charge in [0.05, 0.1) is 48.0 Å². The fraction of sp³-hybridized carbons (Fsp3) is 0.304. The lowest BCUT2D eigenvalue weighted by atomic mass is 9.95. The van der Waals surface area contributed by atoms with Crippen molar-refractivity contribution in [3.8, 4) is 33.8 Å². The summed E-state index contributed by atoms with van der Waals surface area (Å²) >= 11 is 0. The van der Waals surface area contributed by atoms with E-state index >= 15 is 0 Å². The number of H-pyrrole nitrogens is 2. The first kappa shape index (κ1) is 35.1. The highest BCUT2D eigenvalue weighted by Crippen LogP contribution is 2.44. The van der Waals surface area contributed by atoms with Crippen molar-refractivity contribution >= 4 is 44.4 Å². The number of nitrogens with zero attached hydrogens (tertiary/aromatic N) is 2. The summed E-state index contributed by atoms with van der Waals surface area (Å²) in [5, 5.41) is 0. The Balaban J connectivity index is 1.74. The minimum atomic E-state index is 0.830. The van der Waals surface area contributed by atoms with Crippen LogP contribution in [0.1, 0.15) is 99.4 Å². The van der Waals surface area contributed by atoms with Crippen LogP contribution in [0.2, 0.25) is 0 Å². The fourth-order valence-electron chi connectivity index (χ4n) is 8.39. The van der Waals surface area contributed by atoms with Gasteiger partial charge in [0.1, 0.15) is 11.5 Å². The molecular formula is C46H50N4O2. The van der Waals surface area contributed by atoms with Crippen LogP contribution in [0.4, 0.5) is 0 Å². The molecular weight excluding hydrogens is 641 g/mol. The molecule has 3 aromatic heterocycles. The third-order valence-corrected chi connectivity index (χ3v) is 11.2. The second kappa shape index (κ2) is 14.0. The van der Waals surface area contributed by atoms with Gasteiger partial charge in [-0.15, -0.1) is 0 Å². The molecule has 2 N–H and O–H groups in total. The van der Waals surface area contributed by atoms with E-state index in [1.165, 1.54) is 44.5 Å². The maximum atomic E-state index is 5.57. The van der Waals surface area contributed by atoms with Crippen LogP contribution >= 0.6 is 0 Å². The fourth-order valence-corrected chi connectivity index (χ4v) is 8.39. The maximum Gasteiger partial charge on any atom is 0.118 e. The van der Waals surface area contributed by atoms with Crippen molar-refractivity contribution in [2.75, 3.05) is 14.2 Å². The molecule has 0 saturated heterocycles. The SMILES string of the molecule is CCC1=C(C)c2nc1cc1[nH]c(c(C)c1CC)c(-c1ccc(OC)cc1)c1nc(cc3[nH]c(c(C)c3CC)c2-c2ccc(OC)cc2)C(CC)=C1C. The predicted molar refractivity (Wildman–Crippen MR) is 219 cm³/mol. The average Bonchev–Trinajstić information content (AvgIpc) is 3.85. The molecule has 2 aromatic carbocycles. The molecule has 8 bridgehead atoms. The van der Waals surface area contributed by atoms with Gasteiger partial charge < -0.3 is 19.4 Å². The third kappa shape index (κ3) is 5.65. The summed E-state index contributed by atoms with van der Waals surface area (Å²) in [6.45, 7) is 17.9. The normalized spacial score (nSPS) is 13.0. The van der Waals surface area contributed by atoms with Gasteiger partial charge in [-0.2, -0.15) is 0 Å². The molecule has 0 amide bonds. The Hall–Kier alpha value is -5.36. The van der Waals surface area contributed by atoms with Gasteiger partial charge >= 0.3 is 0 Å². The van der Waals surface area contributed by atoms with Crippen LogP contribution < -0.4 is 9.47 Å². The van der Waals surface area contributed by atoms with Crippen LogP contribution in [0, 0.1) is 13.8 Å².